The van der Waals surface area contributed by atoms with Gasteiger partial charge < -0.3 is 14.8 Å². The molecule has 0 aliphatic carbocycles. The van der Waals surface area contributed by atoms with Crippen LogP contribution in [0.5, 0.6) is 0 Å². The number of hydrogen-bond donors (Lipinski definition) is 2. The van der Waals surface area contributed by atoms with E-state index in [-0.39, 0.29) is 12.5 Å². The summed E-state index contributed by atoms with van der Waals surface area (Å²) in [6.45, 7) is -0.241. The van der Waals surface area contributed by atoms with Crippen molar-refractivity contribution in [2.75, 3.05) is 6.61 Å². The molecule has 2 heterocycles. The van der Waals surface area contributed by atoms with E-state index in [2.05, 4.69) is 15.4 Å². The van der Waals surface area contributed by atoms with Crippen LogP contribution in [0.4, 0.5) is 0 Å². The lowest BCUT2D eigenvalue weighted by Crippen LogP contribution is -2.30. The highest BCUT2D eigenvalue weighted by Gasteiger charge is 2.17. The molecule has 0 aliphatic heterocycles. The molecule has 0 aliphatic rings. The first-order chi connectivity index (χ1) is 11.2. The van der Waals surface area contributed by atoms with Gasteiger partial charge in [-0.15, -0.1) is 0 Å². The molecule has 7 heteroatoms. The topological polar surface area (TPSA) is 93.2 Å². The summed E-state index contributed by atoms with van der Waals surface area (Å²) >= 11 is 0. The molecule has 23 heavy (non-hydrogen) atoms. The Bertz CT molecular complexity index is 778. The van der Waals surface area contributed by atoms with E-state index in [4.69, 9.17) is 4.42 Å². The first-order valence-electron chi connectivity index (χ1n) is 7.08. The Morgan fingerprint density at radius 3 is 2.70 bits per heavy atom. The number of carbonyl (C=O) groups excluding carboxylic acids is 1. The van der Waals surface area contributed by atoms with Gasteiger partial charge in [0.25, 0.3) is 5.91 Å². The van der Waals surface area contributed by atoms with Crippen molar-refractivity contribution < 1.29 is 14.3 Å². The summed E-state index contributed by atoms with van der Waals surface area (Å²) in [6.07, 6.45) is 3.12. The number of carbonyl (C=O) groups is 1. The van der Waals surface area contributed by atoms with E-state index >= 15 is 0 Å². The Morgan fingerprint density at radius 1 is 1.35 bits per heavy atom. The summed E-state index contributed by atoms with van der Waals surface area (Å²) in [5.74, 6) is 0.819. The Labute approximate surface area is 132 Å². The first-order valence-corrected chi connectivity index (χ1v) is 7.08. The van der Waals surface area contributed by atoms with Gasteiger partial charge in [-0.1, -0.05) is 12.1 Å². The molecule has 2 aromatic heterocycles. The Balaban J connectivity index is 1.72. The highest BCUT2D eigenvalue weighted by molar-refractivity contribution is 5.94. The van der Waals surface area contributed by atoms with E-state index in [1.54, 1.807) is 54.5 Å². The zero-order valence-corrected chi connectivity index (χ0v) is 12.5. The quantitative estimate of drug-likeness (QED) is 0.745. The summed E-state index contributed by atoms with van der Waals surface area (Å²) < 4.78 is 6.83. The number of furan rings is 1. The van der Waals surface area contributed by atoms with Crippen LogP contribution in [0.1, 0.15) is 22.2 Å². The average Bonchev–Trinajstić information content (AvgIpc) is 3.24. The number of hydrogen-bond acceptors (Lipinski definition) is 5. The second kappa shape index (κ2) is 6.45. The van der Waals surface area contributed by atoms with Crippen molar-refractivity contribution in [2.45, 2.75) is 6.04 Å². The van der Waals surface area contributed by atoms with Crippen LogP contribution >= 0.6 is 0 Å². The number of aliphatic hydroxyl groups excluding tert-OH is 1. The van der Waals surface area contributed by atoms with E-state index < -0.39 is 6.04 Å². The van der Waals surface area contributed by atoms with Gasteiger partial charge in [0, 0.05) is 18.2 Å². The maximum Gasteiger partial charge on any atom is 0.251 e. The molecule has 1 aromatic carbocycles. The molecule has 2 N–H and O–H groups in total. The van der Waals surface area contributed by atoms with E-state index in [0.29, 0.717) is 17.1 Å². The zero-order valence-electron chi connectivity index (χ0n) is 12.5. The molecule has 1 atom stereocenters. The van der Waals surface area contributed by atoms with Crippen LogP contribution < -0.4 is 5.32 Å². The second-order valence-electron chi connectivity index (χ2n) is 5.04. The molecule has 0 spiro atoms. The minimum Gasteiger partial charge on any atom is -0.467 e. The fourth-order valence-electron chi connectivity index (χ4n) is 2.18. The number of amides is 1. The smallest absolute Gasteiger partial charge is 0.251 e. The van der Waals surface area contributed by atoms with Gasteiger partial charge >= 0.3 is 0 Å². The Hall–Kier alpha value is -2.93. The third-order valence-corrected chi connectivity index (χ3v) is 3.38. The Morgan fingerprint density at radius 2 is 2.13 bits per heavy atom. The van der Waals surface area contributed by atoms with Crippen LogP contribution in [0.25, 0.3) is 11.4 Å². The maximum absolute atomic E-state index is 12.3. The van der Waals surface area contributed by atoms with Crippen LogP contribution in [-0.2, 0) is 7.05 Å². The molecule has 1 unspecified atom stereocenters. The first kappa shape index (κ1) is 15.0. The number of rotatable bonds is 5. The highest BCUT2D eigenvalue weighted by Crippen LogP contribution is 2.17. The molecule has 118 valence electrons. The highest BCUT2D eigenvalue weighted by atomic mass is 16.3. The van der Waals surface area contributed by atoms with Gasteiger partial charge in [0.05, 0.1) is 12.9 Å². The van der Waals surface area contributed by atoms with Gasteiger partial charge in [0.2, 0.25) is 0 Å². The second-order valence-corrected chi connectivity index (χ2v) is 5.04. The van der Waals surface area contributed by atoms with Crippen LogP contribution in [0.2, 0.25) is 0 Å². The van der Waals surface area contributed by atoms with E-state index in [9.17, 15) is 9.90 Å². The summed E-state index contributed by atoms with van der Waals surface area (Å²) in [5, 5.41) is 16.3. The van der Waals surface area contributed by atoms with Crippen LogP contribution in [0.15, 0.2) is 53.4 Å². The molecule has 0 saturated carbocycles. The van der Waals surface area contributed by atoms with E-state index in [0.717, 1.165) is 5.56 Å². The van der Waals surface area contributed by atoms with Gasteiger partial charge in [-0.25, -0.2) is 4.98 Å². The van der Waals surface area contributed by atoms with Gasteiger partial charge in [-0.2, -0.15) is 5.10 Å². The van der Waals surface area contributed by atoms with Crippen molar-refractivity contribution in [2.24, 2.45) is 7.05 Å². The molecular formula is C16H16N4O3. The molecule has 0 radical (unpaired) electrons. The van der Waals surface area contributed by atoms with Gasteiger partial charge in [-0.05, 0) is 24.3 Å². The molecule has 0 fully saturated rings. The summed E-state index contributed by atoms with van der Waals surface area (Å²) in [7, 11) is 1.79. The predicted octanol–water partition coefficient (Wildman–Crippen LogP) is 1.54. The van der Waals surface area contributed by atoms with Crippen molar-refractivity contribution in [1.29, 1.82) is 0 Å². The minimum absolute atomic E-state index is 0.241. The fraction of sp³-hybridized carbons (Fsp3) is 0.188. The van der Waals surface area contributed by atoms with Crippen molar-refractivity contribution in [3.05, 3.63) is 60.3 Å². The number of nitrogens with zero attached hydrogens (tertiary/aromatic N) is 3. The van der Waals surface area contributed by atoms with E-state index in [1.807, 2.05) is 0 Å². The normalized spacial score (nSPS) is 12.1. The van der Waals surface area contributed by atoms with Crippen molar-refractivity contribution in [1.82, 2.24) is 20.1 Å². The van der Waals surface area contributed by atoms with Crippen molar-refractivity contribution in [3.63, 3.8) is 0 Å². The average molecular weight is 312 g/mol. The lowest BCUT2D eigenvalue weighted by molar-refractivity contribution is 0.0907. The largest absolute Gasteiger partial charge is 0.467 e. The number of aliphatic hydroxyl groups is 1. The number of aromatic nitrogens is 3. The zero-order chi connectivity index (χ0) is 16.2. The standard InChI is InChI=1S/C16H16N4O3/c1-20-10-17-15(19-20)11-4-6-12(7-5-11)16(22)18-13(9-21)14-3-2-8-23-14/h2-8,10,13,21H,9H2,1H3,(H,18,22). The fourth-order valence-corrected chi connectivity index (χ4v) is 2.18. The molecule has 1 amide bonds. The molecule has 0 bridgehead atoms. The molecule has 3 aromatic rings. The summed E-state index contributed by atoms with van der Waals surface area (Å²) in [5.41, 5.74) is 1.31. The third kappa shape index (κ3) is 3.29. The minimum atomic E-state index is -0.574. The summed E-state index contributed by atoms with van der Waals surface area (Å²) in [6, 6.07) is 9.79. The number of nitrogens with one attached hydrogen (secondary N) is 1. The van der Waals surface area contributed by atoms with Crippen LogP contribution in [-0.4, -0.2) is 32.4 Å². The number of benzene rings is 1. The predicted molar refractivity (Wildman–Crippen MR) is 82.4 cm³/mol. The lowest BCUT2D eigenvalue weighted by Gasteiger charge is -2.14. The maximum atomic E-state index is 12.3. The summed E-state index contributed by atoms with van der Waals surface area (Å²) in [4.78, 5) is 16.4. The molecule has 0 saturated heterocycles. The van der Waals surface area contributed by atoms with Crippen LogP contribution in [0, 0.1) is 0 Å². The van der Waals surface area contributed by atoms with E-state index in [1.165, 1.54) is 6.26 Å². The third-order valence-electron chi connectivity index (χ3n) is 3.38. The lowest BCUT2D eigenvalue weighted by atomic mass is 10.1. The number of aryl methyl sites for hydroxylation is 1. The van der Waals surface area contributed by atoms with Gasteiger partial charge in [0.15, 0.2) is 5.82 Å². The molecule has 3 rings (SSSR count). The Kier molecular flexibility index (Phi) is 4.20. The van der Waals surface area contributed by atoms with Gasteiger partial charge in [0.1, 0.15) is 18.1 Å². The van der Waals surface area contributed by atoms with Crippen molar-refractivity contribution >= 4 is 5.91 Å². The molecular weight excluding hydrogens is 296 g/mol. The SMILES string of the molecule is Cn1cnc(-c2ccc(C(=O)NC(CO)c3ccco3)cc2)n1. The monoisotopic (exact) mass is 312 g/mol. The van der Waals surface area contributed by atoms with Crippen molar-refractivity contribution in [3.8, 4) is 11.4 Å². The van der Waals surface area contributed by atoms with Gasteiger partial charge in [-0.3, -0.25) is 9.48 Å². The van der Waals surface area contributed by atoms with Crippen LogP contribution in [0.3, 0.4) is 0 Å². The molecule has 7 nitrogen and oxygen atoms in total.